The van der Waals surface area contributed by atoms with Crippen molar-refractivity contribution in [3.63, 3.8) is 0 Å². The van der Waals surface area contributed by atoms with Crippen LogP contribution in [0.5, 0.6) is 5.75 Å². The summed E-state index contributed by atoms with van der Waals surface area (Å²) in [7, 11) is -3.53. The van der Waals surface area contributed by atoms with Gasteiger partial charge in [-0.3, -0.25) is 0 Å². The number of hydrogen-bond acceptors (Lipinski definition) is 4. The van der Waals surface area contributed by atoms with Crippen molar-refractivity contribution in [3.8, 4) is 5.75 Å². The average molecular weight is 384 g/mol. The molecule has 0 amide bonds. The minimum Gasteiger partial charge on any atom is -0.494 e. The van der Waals surface area contributed by atoms with E-state index in [1.165, 1.54) is 36.4 Å². The van der Waals surface area contributed by atoms with E-state index in [0.717, 1.165) is 0 Å². The lowest BCUT2D eigenvalue weighted by Crippen LogP contribution is -2.25. The van der Waals surface area contributed by atoms with Gasteiger partial charge >= 0.3 is 5.97 Å². The molecule has 0 atom stereocenters. The van der Waals surface area contributed by atoms with Gasteiger partial charge in [0.25, 0.3) is 0 Å². The van der Waals surface area contributed by atoms with Crippen LogP contribution < -0.4 is 9.46 Å². The number of sulfonamides is 1. The quantitative estimate of drug-likeness (QED) is 0.649. The molecule has 0 aliphatic rings. The molecule has 0 heterocycles. The van der Waals surface area contributed by atoms with Gasteiger partial charge in [-0.2, -0.15) is 0 Å². The molecule has 6 nitrogen and oxygen atoms in total. The fourth-order valence-electron chi connectivity index (χ4n) is 2.01. The van der Waals surface area contributed by atoms with E-state index < -0.39 is 16.0 Å². The molecule has 8 heteroatoms. The maximum Gasteiger partial charge on any atom is 0.335 e. The van der Waals surface area contributed by atoms with Crippen LogP contribution in [0.3, 0.4) is 0 Å². The van der Waals surface area contributed by atoms with Crippen LogP contribution >= 0.6 is 11.6 Å². The van der Waals surface area contributed by atoms with Crippen LogP contribution in [-0.4, -0.2) is 32.6 Å². The highest BCUT2D eigenvalue weighted by molar-refractivity contribution is 7.89. The first-order chi connectivity index (χ1) is 11.9. The smallest absolute Gasteiger partial charge is 0.335 e. The third-order valence-electron chi connectivity index (χ3n) is 3.36. The summed E-state index contributed by atoms with van der Waals surface area (Å²) < 4.78 is 32.1. The Morgan fingerprint density at radius 2 is 1.68 bits per heavy atom. The molecule has 0 aliphatic carbocycles. The number of unbranched alkanes of at least 4 members (excludes halogenated alkanes) is 1. The number of ether oxygens (including phenoxy) is 1. The van der Waals surface area contributed by atoms with E-state index in [4.69, 9.17) is 21.4 Å². The van der Waals surface area contributed by atoms with Crippen molar-refractivity contribution < 1.29 is 23.1 Å². The van der Waals surface area contributed by atoms with Crippen LogP contribution in [0.25, 0.3) is 0 Å². The second kappa shape index (κ2) is 8.84. The van der Waals surface area contributed by atoms with Crippen molar-refractivity contribution in [1.82, 2.24) is 4.72 Å². The van der Waals surface area contributed by atoms with Gasteiger partial charge in [0.2, 0.25) is 10.0 Å². The van der Waals surface area contributed by atoms with Crippen LogP contribution in [0.15, 0.2) is 53.4 Å². The van der Waals surface area contributed by atoms with Gasteiger partial charge in [0.1, 0.15) is 5.75 Å². The molecule has 134 valence electrons. The zero-order valence-corrected chi connectivity index (χ0v) is 14.9. The largest absolute Gasteiger partial charge is 0.494 e. The number of carbonyl (C=O) groups is 1. The number of hydrogen-bond donors (Lipinski definition) is 2. The Hall–Kier alpha value is -2.09. The molecular formula is C17H18ClNO5S. The summed E-state index contributed by atoms with van der Waals surface area (Å²) in [6, 6.07) is 12.1. The third-order valence-corrected chi connectivity index (χ3v) is 5.09. The van der Waals surface area contributed by atoms with Gasteiger partial charge in [-0.1, -0.05) is 11.6 Å². The van der Waals surface area contributed by atoms with Crippen molar-refractivity contribution in [1.29, 1.82) is 0 Å². The zero-order valence-electron chi connectivity index (χ0n) is 13.3. The molecule has 0 bridgehead atoms. The SMILES string of the molecule is O=C(O)c1ccc(OCCCCNS(=O)(=O)c2ccc(Cl)cc2)cc1. The minimum absolute atomic E-state index is 0.173. The second-order valence-corrected chi connectivity index (χ2v) is 7.44. The first-order valence-electron chi connectivity index (χ1n) is 7.60. The van der Waals surface area contributed by atoms with Gasteiger partial charge in [0, 0.05) is 11.6 Å². The van der Waals surface area contributed by atoms with Crippen molar-refractivity contribution in [2.24, 2.45) is 0 Å². The van der Waals surface area contributed by atoms with Crippen molar-refractivity contribution >= 4 is 27.6 Å². The molecule has 0 fully saturated rings. The normalized spacial score (nSPS) is 11.2. The van der Waals surface area contributed by atoms with Crippen molar-refractivity contribution in [2.75, 3.05) is 13.2 Å². The van der Waals surface area contributed by atoms with Crippen LogP contribution in [0.4, 0.5) is 0 Å². The number of carboxylic acids is 1. The van der Waals surface area contributed by atoms with Gasteiger partial charge in [-0.25, -0.2) is 17.9 Å². The molecule has 0 aromatic heterocycles. The van der Waals surface area contributed by atoms with Crippen LogP contribution in [0.1, 0.15) is 23.2 Å². The number of rotatable bonds is 9. The summed E-state index contributed by atoms with van der Waals surface area (Å²) in [5.74, 6) is -0.411. The van der Waals surface area contributed by atoms with Gasteiger partial charge < -0.3 is 9.84 Å². The standard InChI is InChI=1S/C17H18ClNO5S/c18-14-5-9-16(10-6-14)25(22,23)19-11-1-2-12-24-15-7-3-13(4-8-15)17(20)21/h3-10,19H,1-2,11-12H2,(H,20,21). The van der Waals surface area contributed by atoms with E-state index >= 15 is 0 Å². The summed E-state index contributed by atoms with van der Waals surface area (Å²) in [6.45, 7) is 0.710. The number of carboxylic acid groups (broad SMARTS) is 1. The molecule has 25 heavy (non-hydrogen) atoms. The summed E-state index contributed by atoms with van der Waals surface area (Å²) in [6.07, 6.45) is 1.27. The maximum atomic E-state index is 12.1. The van der Waals surface area contributed by atoms with Gasteiger partial charge in [0.05, 0.1) is 17.1 Å². The highest BCUT2D eigenvalue weighted by Gasteiger charge is 2.12. The first-order valence-corrected chi connectivity index (χ1v) is 9.46. The summed E-state index contributed by atoms with van der Waals surface area (Å²) >= 11 is 5.74. The highest BCUT2D eigenvalue weighted by atomic mass is 35.5. The fourth-order valence-corrected chi connectivity index (χ4v) is 3.21. The van der Waals surface area contributed by atoms with Crippen LogP contribution in [0, 0.1) is 0 Å². The van der Waals surface area contributed by atoms with Crippen LogP contribution in [0.2, 0.25) is 5.02 Å². The molecule has 0 aliphatic heterocycles. The number of aromatic carboxylic acids is 1. The van der Waals surface area contributed by atoms with E-state index in [9.17, 15) is 13.2 Å². The molecule has 2 rings (SSSR count). The topological polar surface area (TPSA) is 92.7 Å². The monoisotopic (exact) mass is 383 g/mol. The number of halogens is 1. The summed E-state index contributed by atoms with van der Waals surface area (Å²) in [5, 5.41) is 9.29. The molecule has 0 radical (unpaired) electrons. The van der Waals surface area contributed by atoms with Gasteiger partial charge in [0.15, 0.2) is 0 Å². The minimum atomic E-state index is -3.53. The molecule has 0 saturated carbocycles. The predicted molar refractivity (Wildman–Crippen MR) is 94.8 cm³/mol. The van der Waals surface area contributed by atoms with Crippen molar-refractivity contribution in [3.05, 3.63) is 59.1 Å². The van der Waals surface area contributed by atoms with Gasteiger partial charge in [-0.05, 0) is 61.4 Å². The number of benzene rings is 2. The first kappa shape index (κ1) is 19.2. The lowest BCUT2D eigenvalue weighted by Gasteiger charge is -2.08. The van der Waals surface area contributed by atoms with E-state index in [1.54, 1.807) is 12.1 Å². The van der Waals surface area contributed by atoms with Gasteiger partial charge in [-0.15, -0.1) is 0 Å². The second-order valence-electron chi connectivity index (χ2n) is 5.24. The molecular weight excluding hydrogens is 366 g/mol. The molecule has 2 N–H and O–H groups in total. The Bertz CT molecular complexity index is 804. The molecule has 0 unspecified atom stereocenters. The van der Waals surface area contributed by atoms with E-state index in [1.807, 2.05) is 0 Å². The molecule has 0 spiro atoms. The number of nitrogens with one attached hydrogen (secondary N) is 1. The molecule has 0 saturated heterocycles. The lowest BCUT2D eigenvalue weighted by atomic mass is 10.2. The fraction of sp³-hybridized carbons (Fsp3) is 0.235. The molecule has 2 aromatic rings. The Balaban J connectivity index is 1.69. The Morgan fingerprint density at radius 3 is 2.28 bits per heavy atom. The van der Waals surface area contributed by atoms with E-state index in [2.05, 4.69) is 4.72 Å². The Kier molecular flexibility index (Phi) is 6.81. The maximum absolute atomic E-state index is 12.1. The van der Waals surface area contributed by atoms with E-state index in [0.29, 0.717) is 36.8 Å². The average Bonchev–Trinajstić information content (AvgIpc) is 2.58. The van der Waals surface area contributed by atoms with E-state index in [-0.39, 0.29) is 10.5 Å². The summed E-state index contributed by atoms with van der Waals surface area (Å²) in [4.78, 5) is 10.9. The predicted octanol–water partition coefficient (Wildman–Crippen LogP) is 3.18. The summed E-state index contributed by atoms with van der Waals surface area (Å²) in [5.41, 5.74) is 0.198. The van der Waals surface area contributed by atoms with Crippen LogP contribution in [-0.2, 0) is 10.0 Å². The molecule has 2 aromatic carbocycles. The third kappa shape index (κ3) is 6.04. The van der Waals surface area contributed by atoms with Crippen molar-refractivity contribution in [2.45, 2.75) is 17.7 Å². The Labute approximate surface area is 151 Å². The lowest BCUT2D eigenvalue weighted by molar-refractivity contribution is 0.0697. The Morgan fingerprint density at radius 1 is 1.04 bits per heavy atom. The zero-order chi connectivity index (χ0) is 18.3. The highest BCUT2D eigenvalue weighted by Crippen LogP contribution is 2.14.